The monoisotopic (exact) mass is 160 g/mol. The van der Waals surface area contributed by atoms with E-state index < -0.39 is 11.8 Å². The molecule has 0 aliphatic carbocycles. The fourth-order valence-corrected chi connectivity index (χ4v) is 0.600. The van der Waals surface area contributed by atoms with Gasteiger partial charge in [-0.3, -0.25) is 0 Å². The molecule has 4 nitrogen and oxygen atoms in total. The maximum absolute atomic E-state index is 10.1. The molecule has 0 saturated carbocycles. The molecule has 0 aromatic rings. The second kappa shape index (κ2) is 4.10. The van der Waals surface area contributed by atoms with Gasteiger partial charge in [0.25, 0.3) is 5.79 Å². The van der Waals surface area contributed by atoms with Gasteiger partial charge in [0.15, 0.2) is 0 Å². The van der Waals surface area contributed by atoms with Crippen LogP contribution in [0.25, 0.3) is 0 Å². The van der Waals surface area contributed by atoms with Gasteiger partial charge in [-0.05, 0) is 12.8 Å². The Balaban J connectivity index is 3.72. The highest BCUT2D eigenvalue weighted by atomic mass is 16.5. The van der Waals surface area contributed by atoms with Gasteiger partial charge < -0.3 is 15.3 Å². The van der Waals surface area contributed by atoms with Crippen molar-refractivity contribution in [1.82, 2.24) is 0 Å². The minimum atomic E-state index is -2.58. The van der Waals surface area contributed by atoms with Crippen LogP contribution in [0.3, 0.4) is 0 Å². The van der Waals surface area contributed by atoms with Crippen molar-refractivity contribution < 1.29 is 20.1 Å². The Hall–Kier alpha value is -0.870. The molecule has 0 fully saturated rings. The maximum atomic E-state index is 10.1. The predicted molar refractivity (Wildman–Crippen MR) is 38.9 cm³/mol. The van der Waals surface area contributed by atoms with E-state index in [1.54, 1.807) is 6.08 Å². The highest BCUT2D eigenvalue weighted by Crippen LogP contribution is 2.10. The number of rotatable bonds is 5. The van der Waals surface area contributed by atoms with E-state index in [0.717, 1.165) is 0 Å². The van der Waals surface area contributed by atoms with Crippen molar-refractivity contribution in [3.05, 3.63) is 12.7 Å². The van der Waals surface area contributed by atoms with E-state index in [-0.39, 0.29) is 6.42 Å². The molecule has 64 valence electrons. The third-order valence-electron chi connectivity index (χ3n) is 1.28. The van der Waals surface area contributed by atoms with Crippen LogP contribution in [-0.4, -0.2) is 27.1 Å². The van der Waals surface area contributed by atoms with Gasteiger partial charge in [-0.1, -0.05) is 6.08 Å². The van der Waals surface area contributed by atoms with Crippen LogP contribution < -0.4 is 0 Å². The first-order valence-electron chi connectivity index (χ1n) is 3.29. The topological polar surface area (TPSA) is 77.8 Å². The molecule has 0 bridgehead atoms. The van der Waals surface area contributed by atoms with Crippen LogP contribution in [0.15, 0.2) is 12.7 Å². The van der Waals surface area contributed by atoms with Gasteiger partial charge in [-0.25, -0.2) is 4.79 Å². The van der Waals surface area contributed by atoms with E-state index in [4.69, 9.17) is 15.3 Å². The quantitative estimate of drug-likeness (QED) is 0.303. The minimum absolute atomic E-state index is 0.172. The van der Waals surface area contributed by atoms with Crippen molar-refractivity contribution in [3.63, 3.8) is 0 Å². The van der Waals surface area contributed by atoms with Crippen LogP contribution in [0.1, 0.15) is 19.3 Å². The van der Waals surface area contributed by atoms with Gasteiger partial charge in [0, 0.05) is 6.42 Å². The number of carboxylic acid groups (broad SMARTS) is 1. The summed E-state index contributed by atoms with van der Waals surface area (Å²) < 4.78 is 0. The summed E-state index contributed by atoms with van der Waals surface area (Å²) in [7, 11) is 0. The Bertz CT molecular complexity index is 151. The number of hydrogen-bond donors (Lipinski definition) is 3. The minimum Gasteiger partial charge on any atom is -0.477 e. The molecule has 0 radical (unpaired) electrons. The summed E-state index contributed by atoms with van der Waals surface area (Å²) in [6, 6.07) is 0. The van der Waals surface area contributed by atoms with Gasteiger partial charge in [-0.15, -0.1) is 6.58 Å². The fourth-order valence-electron chi connectivity index (χ4n) is 0.600. The zero-order chi connectivity index (χ0) is 8.91. The largest absolute Gasteiger partial charge is 0.477 e. The molecule has 0 amide bonds. The summed E-state index contributed by atoms with van der Waals surface area (Å²) in [5, 5.41) is 25.7. The Labute approximate surface area is 64.8 Å². The molecule has 0 aromatic carbocycles. The lowest BCUT2D eigenvalue weighted by molar-refractivity contribution is -0.205. The molecule has 11 heavy (non-hydrogen) atoms. The van der Waals surface area contributed by atoms with E-state index in [1.165, 1.54) is 0 Å². The summed E-state index contributed by atoms with van der Waals surface area (Å²) >= 11 is 0. The molecule has 0 heterocycles. The van der Waals surface area contributed by atoms with Crippen molar-refractivity contribution in [2.45, 2.75) is 25.0 Å². The summed E-state index contributed by atoms with van der Waals surface area (Å²) in [6.07, 6.45) is 2.41. The van der Waals surface area contributed by atoms with Crippen molar-refractivity contribution in [1.29, 1.82) is 0 Å². The van der Waals surface area contributed by atoms with Gasteiger partial charge in [0.05, 0.1) is 0 Å². The number of unbranched alkanes of at least 4 members (excludes halogenated alkanes) is 1. The molecule has 0 aromatic heterocycles. The summed E-state index contributed by atoms with van der Waals surface area (Å²) in [5.74, 6) is -4.19. The van der Waals surface area contributed by atoms with Crippen LogP contribution in [0.2, 0.25) is 0 Å². The van der Waals surface area contributed by atoms with Crippen LogP contribution in [-0.2, 0) is 4.79 Å². The normalized spacial score (nSPS) is 11.1. The number of carboxylic acids is 1. The van der Waals surface area contributed by atoms with Crippen molar-refractivity contribution in [2.75, 3.05) is 0 Å². The molecule has 0 unspecified atom stereocenters. The highest BCUT2D eigenvalue weighted by molar-refractivity contribution is 5.74. The van der Waals surface area contributed by atoms with Crippen molar-refractivity contribution >= 4 is 5.97 Å². The first kappa shape index (κ1) is 10.1. The van der Waals surface area contributed by atoms with Crippen LogP contribution in [0.4, 0.5) is 0 Å². The molecule has 0 saturated heterocycles. The number of aliphatic carboxylic acids is 1. The van der Waals surface area contributed by atoms with E-state index in [2.05, 4.69) is 6.58 Å². The number of aliphatic hydroxyl groups is 2. The first-order chi connectivity index (χ1) is 5.00. The lowest BCUT2D eigenvalue weighted by Gasteiger charge is -2.14. The summed E-state index contributed by atoms with van der Waals surface area (Å²) in [5.41, 5.74) is 0. The second-order valence-corrected chi connectivity index (χ2v) is 2.30. The zero-order valence-electron chi connectivity index (χ0n) is 6.16. The lowest BCUT2D eigenvalue weighted by atomic mass is 10.1. The molecule has 0 rings (SSSR count). The summed E-state index contributed by atoms with van der Waals surface area (Å²) in [4.78, 5) is 10.1. The maximum Gasteiger partial charge on any atom is 0.364 e. The molecular weight excluding hydrogens is 148 g/mol. The lowest BCUT2D eigenvalue weighted by Crippen LogP contribution is -2.37. The number of allylic oxidation sites excluding steroid dienone is 1. The highest BCUT2D eigenvalue weighted by Gasteiger charge is 2.31. The molecule has 0 atom stereocenters. The molecule has 3 N–H and O–H groups in total. The standard InChI is InChI=1S/C7H12O4/c1-2-3-4-5-7(10,11)6(8)9/h2,10-11H,1,3-5H2,(H,8,9). The van der Waals surface area contributed by atoms with Gasteiger partial charge in [0.2, 0.25) is 0 Å². The van der Waals surface area contributed by atoms with E-state index in [0.29, 0.717) is 12.8 Å². The van der Waals surface area contributed by atoms with Crippen LogP contribution >= 0.6 is 0 Å². The van der Waals surface area contributed by atoms with Gasteiger partial charge >= 0.3 is 5.97 Å². The Morgan fingerprint density at radius 1 is 1.55 bits per heavy atom. The van der Waals surface area contributed by atoms with Gasteiger partial charge in [-0.2, -0.15) is 0 Å². The smallest absolute Gasteiger partial charge is 0.364 e. The Kier molecular flexibility index (Phi) is 3.78. The second-order valence-electron chi connectivity index (χ2n) is 2.30. The summed E-state index contributed by atoms with van der Waals surface area (Å²) in [6.45, 7) is 3.41. The SMILES string of the molecule is C=CCCCC(O)(O)C(=O)O. The fraction of sp³-hybridized carbons (Fsp3) is 0.571. The average molecular weight is 160 g/mol. The van der Waals surface area contributed by atoms with Gasteiger partial charge in [0.1, 0.15) is 0 Å². The van der Waals surface area contributed by atoms with Crippen molar-refractivity contribution in [3.8, 4) is 0 Å². The third kappa shape index (κ3) is 3.75. The molecule has 0 spiro atoms. The van der Waals surface area contributed by atoms with Crippen LogP contribution in [0, 0.1) is 0 Å². The van der Waals surface area contributed by atoms with E-state index in [9.17, 15) is 4.79 Å². The molecule has 4 heteroatoms. The van der Waals surface area contributed by atoms with E-state index in [1.807, 2.05) is 0 Å². The Morgan fingerprint density at radius 3 is 2.45 bits per heavy atom. The molecule has 0 aliphatic rings. The van der Waals surface area contributed by atoms with E-state index >= 15 is 0 Å². The predicted octanol–water partition coefficient (Wildman–Crippen LogP) is 0.108. The van der Waals surface area contributed by atoms with Crippen molar-refractivity contribution in [2.24, 2.45) is 0 Å². The third-order valence-corrected chi connectivity index (χ3v) is 1.28. The zero-order valence-corrected chi connectivity index (χ0v) is 6.16. The Morgan fingerprint density at radius 2 is 2.09 bits per heavy atom. The molecular formula is C7H12O4. The number of hydrogen-bond acceptors (Lipinski definition) is 3. The average Bonchev–Trinajstić information content (AvgIpc) is 1.88. The molecule has 0 aliphatic heterocycles. The number of carbonyl (C=O) groups is 1. The first-order valence-corrected chi connectivity index (χ1v) is 3.29. The van der Waals surface area contributed by atoms with Crippen LogP contribution in [0.5, 0.6) is 0 Å².